The zero-order valence-electron chi connectivity index (χ0n) is 12.9. The number of hydroxylamine groups is 1. The molecule has 0 bridgehead atoms. The molecule has 1 heterocycles. The second kappa shape index (κ2) is 7.14. The number of fused-ring (bicyclic) bond motifs is 1. The van der Waals surface area contributed by atoms with E-state index in [-0.39, 0.29) is 6.04 Å². The van der Waals surface area contributed by atoms with E-state index in [1.165, 1.54) is 16.2 Å². The maximum Gasteiger partial charge on any atom is 0.121 e. The Labute approximate surface area is 126 Å². The van der Waals surface area contributed by atoms with Gasteiger partial charge in [0.25, 0.3) is 0 Å². The van der Waals surface area contributed by atoms with Crippen LogP contribution in [-0.4, -0.2) is 18.4 Å². The van der Waals surface area contributed by atoms with Gasteiger partial charge < -0.3 is 4.74 Å². The molecule has 3 nitrogen and oxygen atoms in total. The van der Waals surface area contributed by atoms with Gasteiger partial charge in [0.05, 0.1) is 18.8 Å². The number of hydrogen-bond donors (Lipinski definition) is 1. The summed E-state index contributed by atoms with van der Waals surface area (Å²) in [5.41, 5.74) is 3.45. The molecule has 1 aliphatic rings. The molecular weight excluding hydrogens is 262 g/mol. The monoisotopic (exact) mass is 285 g/mol. The summed E-state index contributed by atoms with van der Waals surface area (Å²) in [5, 5.41) is 11.0. The summed E-state index contributed by atoms with van der Waals surface area (Å²) in [6.45, 7) is 4.15. The lowest BCUT2D eigenvalue weighted by Gasteiger charge is -2.15. The highest BCUT2D eigenvalue weighted by atomic mass is 16.5. The van der Waals surface area contributed by atoms with E-state index in [0.29, 0.717) is 0 Å². The molecule has 0 saturated carbocycles. The number of aryl methyl sites for hydroxylation is 1. The number of benzene rings is 2. The van der Waals surface area contributed by atoms with Gasteiger partial charge in [-0.2, -0.15) is 0 Å². The molecule has 0 aliphatic carbocycles. The first-order valence-electron chi connectivity index (χ1n) is 7.34. The van der Waals surface area contributed by atoms with Gasteiger partial charge >= 0.3 is 0 Å². The van der Waals surface area contributed by atoms with Crippen LogP contribution >= 0.6 is 0 Å². The summed E-state index contributed by atoms with van der Waals surface area (Å²) < 4.78 is 5.09. The predicted molar refractivity (Wildman–Crippen MR) is 86.2 cm³/mol. The molecule has 1 aliphatic heterocycles. The normalized spacial score (nSPS) is 16.0. The molecular formula is C18H23NO2. The average molecular weight is 285 g/mol. The molecule has 2 aromatic carbocycles. The summed E-state index contributed by atoms with van der Waals surface area (Å²) in [6, 6.07) is 16.4. The molecule has 0 amide bonds. The number of ether oxygens (including phenoxy) is 1. The highest BCUT2D eigenvalue weighted by Crippen LogP contribution is 2.33. The van der Waals surface area contributed by atoms with Crippen molar-refractivity contribution in [2.24, 2.45) is 0 Å². The zero-order chi connectivity index (χ0) is 15.2. The Morgan fingerprint density at radius 3 is 2.48 bits per heavy atom. The van der Waals surface area contributed by atoms with Crippen LogP contribution in [0, 0.1) is 0 Å². The van der Waals surface area contributed by atoms with Crippen molar-refractivity contribution >= 4 is 5.69 Å². The lowest BCUT2D eigenvalue weighted by Crippen LogP contribution is -2.24. The Morgan fingerprint density at radius 1 is 1.19 bits per heavy atom. The van der Waals surface area contributed by atoms with Gasteiger partial charge in [0.2, 0.25) is 0 Å². The fourth-order valence-corrected chi connectivity index (χ4v) is 2.41. The molecule has 0 aromatic heterocycles. The molecule has 0 saturated heterocycles. The summed E-state index contributed by atoms with van der Waals surface area (Å²) in [4.78, 5) is 0. The van der Waals surface area contributed by atoms with Crippen molar-refractivity contribution in [1.82, 2.24) is 0 Å². The van der Waals surface area contributed by atoms with E-state index in [1.807, 2.05) is 31.2 Å². The predicted octanol–water partition coefficient (Wildman–Crippen LogP) is 4.08. The third-order valence-corrected chi connectivity index (χ3v) is 3.72. The standard InChI is InChI=1S/C10H13NO2.C8H10/c1-7-5-8-3-4-9(13-2)6-10(8)11(7)12;1-2-8-6-4-3-5-7-8/h3-4,6-7,12H,5H2,1-2H3;3-7H,2H2,1H3. The van der Waals surface area contributed by atoms with Gasteiger partial charge in [0.1, 0.15) is 5.75 Å². The molecule has 2 aromatic rings. The Balaban J connectivity index is 0.000000173. The van der Waals surface area contributed by atoms with Crippen molar-refractivity contribution in [3.63, 3.8) is 0 Å². The summed E-state index contributed by atoms with van der Waals surface area (Å²) in [6.07, 6.45) is 2.04. The van der Waals surface area contributed by atoms with E-state index in [0.717, 1.165) is 24.3 Å². The zero-order valence-corrected chi connectivity index (χ0v) is 12.9. The van der Waals surface area contributed by atoms with Gasteiger partial charge in [-0.3, -0.25) is 10.3 Å². The number of hydrogen-bond acceptors (Lipinski definition) is 3. The maximum absolute atomic E-state index is 9.65. The fraction of sp³-hybridized carbons (Fsp3) is 0.333. The molecule has 3 heteroatoms. The van der Waals surface area contributed by atoms with Crippen molar-refractivity contribution in [3.8, 4) is 5.75 Å². The van der Waals surface area contributed by atoms with Gasteiger partial charge in [0.15, 0.2) is 0 Å². The smallest absolute Gasteiger partial charge is 0.121 e. The molecule has 112 valence electrons. The molecule has 1 N–H and O–H groups in total. The van der Waals surface area contributed by atoms with Gasteiger partial charge in [0, 0.05) is 6.07 Å². The largest absolute Gasteiger partial charge is 0.497 e. The third kappa shape index (κ3) is 3.76. The van der Waals surface area contributed by atoms with Crippen LogP contribution in [0.4, 0.5) is 5.69 Å². The number of nitrogens with zero attached hydrogens (tertiary/aromatic N) is 1. The second-order valence-electron chi connectivity index (χ2n) is 5.23. The minimum absolute atomic E-state index is 0.169. The van der Waals surface area contributed by atoms with Gasteiger partial charge in [-0.05, 0) is 37.0 Å². The van der Waals surface area contributed by atoms with Crippen LogP contribution < -0.4 is 9.80 Å². The topological polar surface area (TPSA) is 32.7 Å². The van der Waals surface area contributed by atoms with Crippen molar-refractivity contribution in [2.75, 3.05) is 12.2 Å². The van der Waals surface area contributed by atoms with Crippen LogP contribution in [0.15, 0.2) is 48.5 Å². The third-order valence-electron chi connectivity index (χ3n) is 3.72. The Morgan fingerprint density at radius 2 is 1.90 bits per heavy atom. The molecule has 1 unspecified atom stereocenters. The highest BCUT2D eigenvalue weighted by Gasteiger charge is 2.24. The fourth-order valence-electron chi connectivity index (χ4n) is 2.41. The maximum atomic E-state index is 9.65. The van der Waals surface area contributed by atoms with Gasteiger partial charge in [-0.15, -0.1) is 0 Å². The number of rotatable bonds is 2. The van der Waals surface area contributed by atoms with E-state index in [4.69, 9.17) is 4.74 Å². The van der Waals surface area contributed by atoms with Crippen LogP contribution in [-0.2, 0) is 12.8 Å². The molecule has 0 fully saturated rings. The van der Waals surface area contributed by atoms with Crippen LogP contribution in [0.1, 0.15) is 25.0 Å². The summed E-state index contributed by atoms with van der Waals surface area (Å²) in [5.74, 6) is 0.784. The van der Waals surface area contributed by atoms with Crippen molar-refractivity contribution in [3.05, 3.63) is 59.7 Å². The van der Waals surface area contributed by atoms with Crippen molar-refractivity contribution < 1.29 is 9.94 Å². The molecule has 3 rings (SSSR count). The van der Waals surface area contributed by atoms with Crippen molar-refractivity contribution in [1.29, 1.82) is 0 Å². The van der Waals surface area contributed by atoms with Crippen LogP contribution in [0.5, 0.6) is 5.75 Å². The molecule has 1 atom stereocenters. The lowest BCUT2D eigenvalue weighted by molar-refractivity contribution is 0.232. The Bertz CT molecular complexity index is 569. The number of methoxy groups -OCH3 is 1. The highest BCUT2D eigenvalue weighted by molar-refractivity contribution is 5.59. The summed E-state index contributed by atoms with van der Waals surface area (Å²) >= 11 is 0. The first kappa shape index (κ1) is 15.4. The van der Waals surface area contributed by atoms with Crippen LogP contribution in [0.25, 0.3) is 0 Å². The second-order valence-corrected chi connectivity index (χ2v) is 5.23. The van der Waals surface area contributed by atoms with Crippen LogP contribution in [0.3, 0.4) is 0 Å². The van der Waals surface area contributed by atoms with Crippen molar-refractivity contribution in [2.45, 2.75) is 32.7 Å². The first-order valence-corrected chi connectivity index (χ1v) is 7.34. The van der Waals surface area contributed by atoms with E-state index in [2.05, 4.69) is 31.2 Å². The molecule has 0 spiro atoms. The lowest BCUT2D eigenvalue weighted by atomic mass is 10.1. The molecule has 0 radical (unpaired) electrons. The average Bonchev–Trinajstić information content (AvgIpc) is 2.83. The summed E-state index contributed by atoms with van der Waals surface area (Å²) in [7, 11) is 1.63. The molecule has 21 heavy (non-hydrogen) atoms. The Kier molecular flexibility index (Phi) is 5.23. The van der Waals surface area contributed by atoms with E-state index < -0.39 is 0 Å². The van der Waals surface area contributed by atoms with E-state index in [1.54, 1.807) is 7.11 Å². The van der Waals surface area contributed by atoms with Gasteiger partial charge in [-0.25, -0.2) is 0 Å². The van der Waals surface area contributed by atoms with Crippen LogP contribution in [0.2, 0.25) is 0 Å². The minimum atomic E-state index is 0.169. The Hall–Kier alpha value is -2.00. The first-order chi connectivity index (χ1) is 10.2. The van der Waals surface area contributed by atoms with E-state index in [9.17, 15) is 5.21 Å². The van der Waals surface area contributed by atoms with Gasteiger partial charge in [-0.1, -0.05) is 43.3 Å². The minimum Gasteiger partial charge on any atom is -0.497 e. The SMILES string of the molecule is CCc1ccccc1.COc1ccc2c(c1)N(O)C(C)C2. The quantitative estimate of drug-likeness (QED) is 0.902. The number of anilines is 1. The van der Waals surface area contributed by atoms with E-state index >= 15 is 0 Å².